The van der Waals surface area contributed by atoms with Gasteiger partial charge in [0, 0.05) is 24.7 Å². The Bertz CT molecular complexity index is 279. The van der Waals surface area contributed by atoms with Gasteiger partial charge in [0.05, 0.1) is 0 Å². The Balaban J connectivity index is 2.41. The molecule has 0 aromatic carbocycles. The van der Waals surface area contributed by atoms with Crippen LogP contribution in [0.3, 0.4) is 0 Å². The second kappa shape index (κ2) is 5.25. The Labute approximate surface area is 78.3 Å². The Hall–Kier alpha value is -1.44. The van der Waals surface area contributed by atoms with E-state index in [0.29, 0.717) is 12.8 Å². The molecule has 13 heavy (non-hydrogen) atoms. The van der Waals surface area contributed by atoms with Crippen LogP contribution in [-0.4, -0.2) is 10.8 Å². The number of hydrogen-bond acceptors (Lipinski definition) is 2. The van der Waals surface area contributed by atoms with Crippen molar-refractivity contribution in [2.45, 2.75) is 19.3 Å². The first-order chi connectivity index (χ1) is 6.33. The van der Waals surface area contributed by atoms with Gasteiger partial charge in [0.1, 0.15) is 5.78 Å². The molecule has 2 heteroatoms. The van der Waals surface area contributed by atoms with Crippen LogP contribution in [0.15, 0.2) is 37.1 Å². The monoisotopic (exact) mass is 175 g/mol. The van der Waals surface area contributed by atoms with Crippen LogP contribution in [0.2, 0.25) is 0 Å². The van der Waals surface area contributed by atoms with Crippen LogP contribution in [0.1, 0.15) is 18.5 Å². The summed E-state index contributed by atoms with van der Waals surface area (Å²) in [5, 5.41) is 0. The van der Waals surface area contributed by atoms with Crippen LogP contribution in [0.4, 0.5) is 0 Å². The Kier molecular flexibility index (Phi) is 3.89. The third kappa shape index (κ3) is 3.65. The summed E-state index contributed by atoms with van der Waals surface area (Å²) in [5.74, 6) is 0.221. The molecule has 0 radical (unpaired) electrons. The molecule has 0 aliphatic heterocycles. The van der Waals surface area contributed by atoms with Crippen molar-refractivity contribution in [2.24, 2.45) is 0 Å². The van der Waals surface area contributed by atoms with Gasteiger partial charge >= 0.3 is 0 Å². The smallest absolute Gasteiger partial charge is 0.139 e. The van der Waals surface area contributed by atoms with E-state index in [-0.39, 0.29) is 5.78 Å². The molecule has 0 saturated heterocycles. The molecule has 0 amide bonds. The number of hydrogen-bond donors (Lipinski definition) is 0. The fourth-order valence-corrected chi connectivity index (χ4v) is 1.06. The van der Waals surface area contributed by atoms with Gasteiger partial charge in [0.2, 0.25) is 0 Å². The van der Waals surface area contributed by atoms with Crippen LogP contribution in [0, 0.1) is 0 Å². The molecule has 0 atom stereocenters. The van der Waals surface area contributed by atoms with Gasteiger partial charge in [-0.15, -0.1) is 6.58 Å². The average Bonchev–Trinajstić information content (AvgIpc) is 2.16. The largest absolute Gasteiger partial charge is 0.299 e. The minimum atomic E-state index is 0.221. The zero-order valence-corrected chi connectivity index (χ0v) is 7.57. The lowest BCUT2D eigenvalue weighted by molar-refractivity contribution is -0.118. The minimum absolute atomic E-state index is 0.221. The van der Waals surface area contributed by atoms with E-state index in [1.165, 1.54) is 0 Å². The molecular weight excluding hydrogens is 162 g/mol. The van der Waals surface area contributed by atoms with Crippen molar-refractivity contribution in [1.29, 1.82) is 0 Å². The fraction of sp³-hybridized carbons (Fsp3) is 0.273. The fourth-order valence-electron chi connectivity index (χ4n) is 1.06. The summed E-state index contributed by atoms with van der Waals surface area (Å²) in [6.07, 6.45) is 5.23. The molecule has 2 nitrogen and oxygen atoms in total. The predicted molar refractivity (Wildman–Crippen MR) is 52.4 cm³/mol. The predicted octanol–water partition coefficient (Wildman–Crippen LogP) is 2.16. The molecule has 0 aliphatic rings. The Morgan fingerprint density at radius 3 is 3.00 bits per heavy atom. The van der Waals surface area contributed by atoms with E-state index in [4.69, 9.17) is 0 Å². The van der Waals surface area contributed by atoms with Gasteiger partial charge in [0.15, 0.2) is 0 Å². The highest BCUT2D eigenvalue weighted by Gasteiger charge is 2.02. The second-order valence-corrected chi connectivity index (χ2v) is 2.86. The second-order valence-electron chi connectivity index (χ2n) is 2.86. The highest BCUT2D eigenvalue weighted by molar-refractivity contribution is 5.80. The van der Waals surface area contributed by atoms with Crippen LogP contribution >= 0.6 is 0 Å². The van der Waals surface area contributed by atoms with E-state index >= 15 is 0 Å². The maximum Gasteiger partial charge on any atom is 0.139 e. The lowest BCUT2D eigenvalue weighted by Gasteiger charge is -1.97. The summed E-state index contributed by atoms with van der Waals surface area (Å²) in [6.45, 7) is 3.57. The molecule has 0 fully saturated rings. The molecule has 0 spiro atoms. The number of pyridine rings is 1. The van der Waals surface area contributed by atoms with Crippen LogP contribution in [0.25, 0.3) is 0 Å². The first kappa shape index (κ1) is 9.65. The number of carbonyl (C=O) groups is 1. The van der Waals surface area contributed by atoms with Crippen LogP contribution in [-0.2, 0) is 11.2 Å². The average molecular weight is 175 g/mol. The Morgan fingerprint density at radius 1 is 1.54 bits per heavy atom. The zero-order chi connectivity index (χ0) is 9.52. The number of aromatic nitrogens is 1. The Morgan fingerprint density at radius 2 is 2.38 bits per heavy atom. The van der Waals surface area contributed by atoms with Crippen molar-refractivity contribution >= 4 is 5.78 Å². The first-order valence-corrected chi connectivity index (χ1v) is 4.35. The topological polar surface area (TPSA) is 30.0 Å². The molecule has 68 valence electrons. The van der Waals surface area contributed by atoms with Crippen LogP contribution < -0.4 is 0 Å². The van der Waals surface area contributed by atoms with Crippen molar-refractivity contribution in [3.63, 3.8) is 0 Å². The van der Waals surface area contributed by atoms with Gasteiger partial charge in [-0.05, 0) is 18.6 Å². The van der Waals surface area contributed by atoms with E-state index in [2.05, 4.69) is 11.6 Å². The van der Waals surface area contributed by atoms with Crippen molar-refractivity contribution in [3.05, 3.63) is 42.7 Å². The third-order valence-corrected chi connectivity index (χ3v) is 1.73. The standard InChI is InChI=1S/C11H13NO/c1-2-3-7-11(13)9-10-6-4-5-8-12-10/h2,4-6,8H,1,3,7,9H2. The summed E-state index contributed by atoms with van der Waals surface area (Å²) < 4.78 is 0. The molecule has 0 bridgehead atoms. The molecule has 1 rings (SSSR count). The molecule has 1 aromatic rings. The van der Waals surface area contributed by atoms with Gasteiger partial charge in [0.25, 0.3) is 0 Å². The number of carbonyl (C=O) groups excluding carboxylic acids is 1. The quantitative estimate of drug-likeness (QED) is 0.642. The van der Waals surface area contributed by atoms with Crippen molar-refractivity contribution < 1.29 is 4.79 Å². The van der Waals surface area contributed by atoms with Gasteiger partial charge in [-0.1, -0.05) is 12.1 Å². The molecule has 0 aliphatic carbocycles. The van der Waals surface area contributed by atoms with Gasteiger partial charge in [-0.2, -0.15) is 0 Å². The summed E-state index contributed by atoms with van der Waals surface area (Å²) in [5.41, 5.74) is 0.844. The minimum Gasteiger partial charge on any atom is -0.299 e. The van der Waals surface area contributed by atoms with Crippen molar-refractivity contribution in [1.82, 2.24) is 4.98 Å². The van der Waals surface area contributed by atoms with Crippen molar-refractivity contribution in [3.8, 4) is 0 Å². The summed E-state index contributed by atoms with van der Waals surface area (Å²) in [4.78, 5) is 15.4. The van der Waals surface area contributed by atoms with Gasteiger partial charge in [-0.25, -0.2) is 0 Å². The highest BCUT2D eigenvalue weighted by atomic mass is 16.1. The van der Waals surface area contributed by atoms with Crippen molar-refractivity contribution in [2.75, 3.05) is 0 Å². The highest BCUT2D eigenvalue weighted by Crippen LogP contribution is 2.00. The first-order valence-electron chi connectivity index (χ1n) is 4.35. The number of rotatable bonds is 5. The lowest BCUT2D eigenvalue weighted by atomic mass is 10.1. The zero-order valence-electron chi connectivity index (χ0n) is 7.57. The molecule has 0 N–H and O–H groups in total. The maximum absolute atomic E-state index is 11.3. The summed E-state index contributed by atoms with van der Waals surface area (Å²) in [6, 6.07) is 5.60. The molecule has 1 heterocycles. The number of allylic oxidation sites excluding steroid dienone is 1. The third-order valence-electron chi connectivity index (χ3n) is 1.73. The van der Waals surface area contributed by atoms with E-state index in [1.54, 1.807) is 12.3 Å². The van der Waals surface area contributed by atoms with E-state index in [1.807, 2.05) is 18.2 Å². The van der Waals surface area contributed by atoms with E-state index in [9.17, 15) is 4.79 Å². The van der Waals surface area contributed by atoms with Gasteiger partial charge < -0.3 is 0 Å². The molecular formula is C11H13NO. The SMILES string of the molecule is C=CCCC(=O)Cc1ccccn1. The normalized spacial score (nSPS) is 9.54. The molecule has 1 aromatic heterocycles. The van der Waals surface area contributed by atoms with E-state index < -0.39 is 0 Å². The number of Topliss-reactive ketones (excluding diaryl/α,β-unsaturated/α-hetero) is 1. The maximum atomic E-state index is 11.3. The molecule has 0 saturated carbocycles. The van der Waals surface area contributed by atoms with Gasteiger partial charge in [-0.3, -0.25) is 9.78 Å². The number of nitrogens with zero attached hydrogens (tertiary/aromatic N) is 1. The van der Waals surface area contributed by atoms with Crippen LogP contribution in [0.5, 0.6) is 0 Å². The lowest BCUT2D eigenvalue weighted by Crippen LogP contribution is -2.03. The number of ketones is 1. The van der Waals surface area contributed by atoms with E-state index in [0.717, 1.165) is 12.1 Å². The summed E-state index contributed by atoms with van der Waals surface area (Å²) >= 11 is 0. The molecule has 0 unspecified atom stereocenters. The summed E-state index contributed by atoms with van der Waals surface area (Å²) in [7, 11) is 0.